The van der Waals surface area contributed by atoms with Crippen LogP contribution in [0, 0.1) is 11.8 Å². The number of benzene rings is 1. The second-order valence-corrected chi connectivity index (χ2v) is 7.30. The molecule has 0 radical (unpaired) electrons. The lowest BCUT2D eigenvalue weighted by atomic mass is 9.89. The van der Waals surface area contributed by atoms with Crippen LogP contribution in [0.2, 0.25) is 0 Å². The van der Waals surface area contributed by atoms with Gasteiger partial charge in [-0.2, -0.15) is 0 Å². The Bertz CT molecular complexity index is 867. The van der Waals surface area contributed by atoms with Gasteiger partial charge >= 0.3 is 0 Å². The van der Waals surface area contributed by atoms with Gasteiger partial charge in [-0.15, -0.1) is 0 Å². The second kappa shape index (κ2) is 6.59. The molecule has 1 aromatic carbocycles. The molecule has 1 saturated carbocycles. The number of fused-ring (bicyclic) bond motifs is 2. The van der Waals surface area contributed by atoms with Gasteiger partial charge in [-0.25, -0.2) is 4.98 Å². The van der Waals surface area contributed by atoms with Gasteiger partial charge < -0.3 is 15.0 Å². The summed E-state index contributed by atoms with van der Waals surface area (Å²) in [6.45, 7) is 0.726. The van der Waals surface area contributed by atoms with Crippen LogP contribution in [-0.2, 0) is 4.79 Å². The first kappa shape index (κ1) is 16.8. The first-order valence-electron chi connectivity index (χ1n) is 9.04. The third kappa shape index (κ3) is 2.89. The van der Waals surface area contributed by atoms with Crippen LogP contribution in [0.15, 0.2) is 30.3 Å². The molecule has 2 aliphatic rings. The van der Waals surface area contributed by atoms with Gasteiger partial charge in [0.15, 0.2) is 0 Å². The van der Waals surface area contributed by atoms with Crippen molar-refractivity contribution < 1.29 is 14.3 Å². The highest BCUT2D eigenvalue weighted by Gasteiger charge is 2.40. The fourth-order valence-corrected chi connectivity index (χ4v) is 4.32. The molecule has 136 valence electrons. The predicted octanol–water partition coefficient (Wildman–Crippen LogP) is 2.23. The Kier molecular flexibility index (Phi) is 4.26. The Morgan fingerprint density at radius 3 is 2.85 bits per heavy atom. The van der Waals surface area contributed by atoms with E-state index >= 15 is 0 Å². The van der Waals surface area contributed by atoms with E-state index < -0.39 is 0 Å². The van der Waals surface area contributed by atoms with Crippen molar-refractivity contribution in [1.29, 1.82) is 0 Å². The number of aromatic nitrogens is 1. The molecule has 2 amide bonds. The van der Waals surface area contributed by atoms with Crippen molar-refractivity contribution in [2.75, 3.05) is 20.7 Å². The normalized spacial score (nSPS) is 24.8. The summed E-state index contributed by atoms with van der Waals surface area (Å²) in [5.41, 5.74) is 1.14. The van der Waals surface area contributed by atoms with Gasteiger partial charge in [0.2, 0.25) is 5.91 Å². The Labute approximate surface area is 152 Å². The zero-order chi connectivity index (χ0) is 18.3. The summed E-state index contributed by atoms with van der Waals surface area (Å²) in [7, 11) is 3.44. The standard InChI is InChI=1S/C20H23N3O3/c1-23(14-7-12-9-19(24)21-11-13(12)8-14)20(25)17-10-18(26-2)15-5-3-4-6-16(15)22-17/h3-6,10,12-14H,7-9,11H2,1-2H3,(H,21,24)/t12-,13+,14-/m0/s1. The SMILES string of the molecule is COc1cc(C(=O)N(C)[C@H]2C[C@H]3CC(=O)NC[C@H]3C2)nc2ccccc12. The Morgan fingerprint density at radius 1 is 1.27 bits per heavy atom. The summed E-state index contributed by atoms with van der Waals surface area (Å²) >= 11 is 0. The molecule has 1 saturated heterocycles. The number of para-hydroxylation sites is 1. The van der Waals surface area contributed by atoms with Gasteiger partial charge in [-0.3, -0.25) is 9.59 Å². The van der Waals surface area contributed by atoms with Gasteiger partial charge in [0, 0.05) is 37.5 Å². The van der Waals surface area contributed by atoms with E-state index in [-0.39, 0.29) is 17.9 Å². The number of nitrogens with zero attached hydrogens (tertiary/aromatic N) is 2. The zero-order valence-electron chi connectivity index (χ0n) is 15.1. The van der Waals surface area contributed by atoms with Gasteiger partial charge in [-0.1, -0.05) is 12.1 Å². The molecule has 1 aliphatic heterocycles. The smallest absolute Gasteiger partial charge is 0.272 e. The number of amides is 2. The molecule has 1 N–H and O–H groups in total. The topological polar surface area (TPSA) is 71.5 Å². The summed E-state index contributed by atoms with van der Waals surface area (Å²) in [5, 5.41) is 3.83. The molecule has 6 nitrogen and oxygen atoms in total. The minimum absolute atomic E-state index is 0.100. The summed E-state index contributed by atoms with van der Waals surface area (Å²) < 4.78 is 5.46. The molecule has 0 spiro atoms. The zero-order valence-corrected chi connectivity index (χ0v) is 15.1. The maximum Gasteiger partial charge on any atom is 0.272 e. The number of carbonyl (C=O) groups excluding carboxylic acids is 2. The van der Waals surface area contributed by atoms with Crippen LogP contribution in [0.1, 0.15) is 29.8 Å². The number of methoxy groups -OCH3 is 1. The molecule has 2 aromatic rings. The average molecular weight is 353 g/mol. The van der Waals surface area contributed by atoms with Crippen molar-refractivity contribution in [3.05, 3.63) is 36.0 Å². The molecule has 2 fully saturated rings. The predicted molar refractivity (Wildman–Crippen MR) is 98.0 cm³/mol. The Morgan fingerprint density at radius 2 is 2.04 bits per heavy atom. The Hall–Kier alpha value is -2.63. The molecule has 0 bridgehead atoms. The first-order chi connectivity index (χ1) is 12.6. The van der Waals surface area contributed by atoms with Gasteiger partial charge in [0.05, 0.1) is 12.6 Å². The summed E-state index contributed by atoms with van der Waals surface area (Å²) in [4.78, 5) is 31.0. The molecule has 1 aromatic heterocycles. The van der Waals surface area contributed by atoms with E-state index in [1.165, 1.54) is 0 Å². The number of carbonyl (C=O) groups is 2. The van der Waals surface area contributed by atoms with E-state index in [1.54, 1.807) is 18.1 Å². The highest BCUT2D eigenvalue weighted by atomic mass is 16.5. The molecule has 3 atom stereocenters. The number of pyridine rings is 1. The van der Waals surface area contributed by atoms with E-state index in [4.69, 9.17) is 4.74 Å². The highest BCUT2D eigenvalue weighted by molar-refractivity contribution is 5.97. The molecule has 4 rings (SSSR count). The number of piperidine rings is 1. The van der Waals surface area contributed by atoms with Crippen LogP contribution >= 0.6 is 0 Å². The number of ether oxygens (including phenoxy) is 1. The lowest BCUT2D eigenvalue weighted by Gasteiger charge is -2.24. The van der Waals surface area contributed by atoms with Crippen LogP contribution in [0.5, 0.6) is 5.75 Å². The van der Waals surface area contributed by atoms with Crippen LogP contribution < -0.4 is 10.1 Å². The van der Waals surface area contributed by atoms with Gasteiger partial charge in [0.25, 0.3) is 5.91 Å². The third-order valence-electron chi connectivity index (χ3n) is 5.81. The molecule has 26 heavy (non-hydrogen) atoms. The highest BCUT2D eigenvalue weighted by Crippen LogP contribution is 2.38. The Balaban J connectivity index is 1.57. The number of rotatable bonds is 3. The fourth-order valence-electron chi connectivity index (χ4n) is 4.32. The lowest BCUT2D eigenvalue weighted by Crippen LogP contribution is -2.38. The molecule has 6 heteroatoms. The van der Waals surface area contributed by atoms with E-state index in [2.05, 4.69) is 10.3 Å². The number of hydrogen-bond donors (Lipinski definition) is 1. The van der Waals surface area contributed by atoms with Crippen LogP contribution in [0.3, 0.4) is 0 Å². The molecule has 0 unspecified atom stereocenters. The van der Waals surface area contributed by atoms with E-state index in [0.29, 0.717) is 29.7 Å². The summed E-state index contributed by atoms with van der Waals surface area (Å²) in [5.74, 6) is 1.52. The monoisotopic (exact) mass is 353 g/mol. The molecule has 1 aliphatic carbocycles. The van der Waals surface area contributed by atoms with Crippen molar-refractivity contribution in [3.8, 4) is 5.75 Å². The van der Waals surface area contributed by atoms with E-state index in [0.717, 1.165) is 30.3 Å². The molecular formula is C20H23N3O3. The van der Waals surface area contributed by atoms with Crippen LogP contribution in [0.4, 0.5) is 0 Å². The molecule has 2 heterocycles. The van der Waals surface area contributed by atoms with Crippen LogP contribution in [-0.4, -0.2) is 48.4 Å². The lowest BCUT2D eigenvalue weighted by molar-refractivity contribution is -0.124. The van der Waals surface area contributed by atoms with Crippen molar-refractivity contribution in [2.45, 2.75) is 25.3 Å². The van der Waals surface area contributed by atoms with Crippen molar-refractivity contribution in [1.82, 2.24) is 15.2 Å². The van der Waals surface area contributed by atoms with Crippen LogP contribution in [0.25, 0.3) is 10.9 Å². The van der Waals surface area contributed by atoms with Crippen molar-refractivity contribution in [2.24, 2.45) is 11.8 Å². The van der Waals surface area contributed by atoms with Crippen molar-refractivity contribution in [3.63, 3.8) is 0 Å². The maximum atomic E-state index is 13.0. The fraction of sp³-hybridized carbons (Fsp3) is 0.450. The number of nitrogens with one attached hydrogen (secondary N) is 1. The largest absolute Gasteiger partial charge is 0.496 e. The second-order valence-electron chi connectivity index (χ2n) is 7.30. The third-order valence-corrected chi connectivity index (χ3v) is 5.81. The van der Waals surface area contributed by atoms with Crippen molar-refractivity contribution >= 4 is 22.7 Å². The van der Waals surface area contributed by atoms with Gasteiger partial charge in [-0.05, 0) is 36.8 Å². The van der Waals surface area contributed by atoms with E-state index in [9.17, 15) is 9.59 Å². The van der Waals surface area contributed by atoms with E-state index in [1.807, 2.05) is 31.3 Å². The molecular weight excluding hydrogens is 330 g/mol. The summed E-state index contributed by atoms with van der Waals surface area (Å²) in [6, 6.07) is 9.51. The number of hydrogen-bond acceptors (Lipinski definition) is 4. The summed E-state index contributed by atoms with van der Waals surface area (Å²) in [6.07, 6.45) is 2.38. The quantitative estimate of drug-likeness (QED) is 0.918. The maximum absolute atomic E-state index is 13.0. The minimum atomic E-state index is -0.100. The average Bonchev–Trinajstić information content (AvgIpc) is 3.09. The first-order valence-corrected chi connectivity index (χ1v) is 9.04. The minimum Gasteiger partial charge on any atom is -0.496 e. The van der Waals surface area contributed by atoms with Gasteiger partial charge in [0.1, 0.15) is 11.4 Å².